The number of hydrogen-bond donors (Lipinski definition) is 1. The zero-order valence-corrected chi connectivity index (χ0v) is 13.6. The smallest absolute Gasteiger partial charge is 0.337 e. The molecule has 9 nitrogen and oxygen atoms in total. The van der Waals surface area contributed by atoms with E-state index in [0.717, 1.165) is 5.76 Å². The average molecular weight is 341 g/mol. The number of rotatable bonds is 5. The number of nitrogens with zero attached hydrogens (tertiary/aromatic N) is 4. The average Bonchev–Trinajstić information content (AvgIpc) is 3.23. The Hall–Kier alpha value is -3.49. The predicted octanol–water partition coefficient (Wildman–Crippen LogP) is 1.67. The fourth-order valence-corrected chi connectivity index (χ4v) is 2.10. The van der Waals surface area contributed by atoms with Gasteiger partial charge in [-0.3, -0.25) is 4.79 Å². The van der Waals surface area contributed by atoms with Crippen LogP contribution in [-0.4, -0.2) is 39.2 Å². The number of amides is 1. The SMILES string of the molecule is COC(=O)c1ccc(NC(=O)Cn2nnc(-c3ccc(C)o3)n2)cc1. The molecular formula is C16H15N5O4. The summed E-state index contributed by atoms with van der Waals surface area (Å²) < 4.78 is 10.0. The van der Waals surface area contributed by atoms with Crippen LogP contribution in [0, 0.1) is 6.92 Å². The van der Waals surface area contributed by atoms with Crippen LogP contribution < -0.4 is 5.32 Å². The van der Waals surface area contributed by atoms with Crippen molar-refractivity contribution in [3.63, 3.8) is 0 Å². The second-order valence-electron chi connectivity index (χ2n) is 5.17. The molecule has 3 aromatic rings. The molecule has 1 aromatic carbocycles. The molecule has 0 radical (unpaired) electrons. The van der Waals surface area contributed by atoms with Crippen LogP contribution in [0.3, 0.4) is 0 Å². The Morgan fingerprint density at radius 3 is 2.60 bits per heavy atom. The van der Waals surface area contributed by atoms with E-state index >= 15 is 0 Å². The van der Waals surface area contributed by atoms with Gasteiger partial charge in [-0.15, -0.1) is 10.2 Å². The number of hydrogen-bond acceptors (Lipinski definition) is 7. The fraction of sp³-hybridized carbons (Fsp3) is 0.188. The first-order chi connectivity index (χ1) is 12.0. The van der Waals surface area contributed by atoms with E-state index in [1.807, 2.05) is 6.92 Å². The number of nitrogens with one attached hydrogen (secondary N) is 1. The van der Waals surface area contributed by atoms with Gasteiger partial charge in [0.1, 0.15) is 12.3 Å². The Kier molecular flexibility index (Phi) is 4.55. The third kappa shape index (κ3) is 3.89. The monoisotopic (exact) mass is 341 g/mol. The van der Waals surface area contributed by atoms with Crippen LogP contribution in [0.5, 0.6) is 0 Å². The highest BCUT2D eigenvalue weighted by Gasteiger charge is 2.12. The first-order valence-corrected chi connectivity index (χ1v) is 7.38. The molecule has 0 fully saturated rings. The van der Waals surface area contributed by atoms with Crippen molar-refractivity contribution in [2.45, 2.75) is 13.5 Å². The maximum absolute atomic E-state index is 12.1. The number of aryl methyl sites for hydroxylation is 1. The maximum Gasteiger partial charge on any atom is 0.337 e. The van der Waals surface area contributed by atoms with Crippen LogP contribution >= 0.6 is 0 Å². The van der Waals surface area contributed by atoms with Crippen molar-refractivity contribution in [2.75, 3.05) is 12.4 Å². The van der Waals surface area contributed by atoms with Gasteiger partial charge < -0.3 is 14.5 Å². The number of carbonyl (C=O) groups is 2. The Morgan fingerprint density at radius 1 is 1.20 bits per heavy atom. The summed E-state index contributed by atoms with van der Waals surface area (Å²) >= 11 is 0. The van der Waals surface area contributed by atoms with Crippen molar-refractivity contribution in [3.8, 4) is 11.6 Å². The minimum atomic E-state index is -0.439. The lowest BCUT2D eigenvalue weighted by molar-refractivity contribution is -0.117. The highest BCUT2D eigenvalue weighted by molar-refractivity contribution is 5.92. The second kappa shape index (κ2) is 6.95. The van der Waals surface area contributed by atoms with Crippen LogP contribution in [-0.2, 0) is 16.1 Å². The van der Waals surface area contributed by atoms with Gasteiger partial charge >= 0.3 is 5.97 Å². The van der Waals surface area contributed by atoms with Crippen molar-refractivity contribution in [1.29, 1.82) is 0 Å². The van der Waals surface area contributed by atoms with Crippen molar-refractivity contribution in [1.82, 2.24) is 20.2 Å². The number of furan rings is 1. The summed E-state index contributed by atoms with van der Waals surface area (Å²) in [5.74, 6) is 0.765. The topological polar surface area (TPSA) is 112 Å². The number of methoxy groups -OCH3 is 1. The molecule has 0 aliphatic heterocycles. The molecule has 1 amide bonds. The van der Waals surface area contributed by atoms with Crippen LogP contribution in [0.2, 0.25) is 0 Å². The van der Waals surface area contributed by atoms with Gasteiger partial charge in [0.15, 0.2) is 5.76 Å². The Balaban J connectivity index is 1.61. The molecule has 0 atom stereocenters. The Morgan fingerprint density at radius 2 is 1.96 bits per heavy atom. The molecule has 25 heavy (non-hydrogen) atoms. The van der Waals surface area contributed by atoms with E-state index < -0.39 is 5.97 Å². The normalized spacial score (nSPS) is 10.5. The summed E-state index contributed by atoms with van der Waals surface area (Å²) in [6.07, 6.45) is 0. The molecule has 0 aliphatic carbocycles. The largest absolute Gasteiger partial charge is 0.465 e. The fourth-order valence-electron chi connectivity index (χ4n) is 2.10. The molecule has 3 rings (SSSR count). The third-order valence-corrected chi connectivity index (χ3v) is 3.29. The van der Waals surface area contributed by atoms with Crippen LogP contribution in [0.25, 0.3) is 11.6 Å². The van der Waals surface area contributed by atoms with Gasteiger partial charge in [-0.05, 0) is 48.5 Å². The van der Waals surface area contributed by atoms with E-state index in [-0.39, 0.29) is 12.5 Å². The minimum Gasteiger partial charge on any atom is -0.465 e. The van der Waals surface area contributed by atoms with Crippen LogP contribution in [0.1, 0.15) is 16.1 Å². The van der Waals surface area contributed by atoms with E-state index in [9.17, 15) is 9.59 Å². The number of benzene rings is 1. The highest BCUT2D eigenvalue weighted by atomic mass is 16.5. The molecule has 2 aromatic heterocycles. The van der Waals surface area contributed by atoms with Gasteiger partial charge in [0.2, 0.25) is 11.7 Å². The number of esters is 1. The summed E-state index contributed by atoms with van der Waals surface area (Å²) in [6, 6.07) is 9.87. The molecule has 0 aliphatic rings. The van der Waals surface area contributed by atoms with E-state index in [2.05, 4.69) is 25.5 Å². The van der Waals surface area contributed by atoms with Crippen molar-refractivity contribution < 1.29 is 18.7 Å². The molecule has 0 spiro atoms. The number of tetrazole rings is 1. The first-order valence-electron chi connectivity index (χ1n) is 7.38. The summed E-state index contributed by atoms with van der Waals surface area (Å²) in [6.45, 7) is 1.71. The molecule has 1 N–H and O–H groups in total. The zero-order chi connectivity index (χ0) is 17.8. The lowest BCUT2D eigenvalue weighted by Gasteiger charge is -2.05. The van der Waals surface area contributed by atoms with Crippen LogP contribution in [0.4, 0.5) is 5.69 Å². The van der Waals surface area contributed by atoms with Gasteiger partial charge in [-0.1, -0.05) is 0 Å². The van der Waals surface area contributed by atoms with E-state index in [1.54, 1.807) is 36.4 Å². The second-order valence-corrected chi connectivity index (χ2v) is 5.17. The van der Waals surface area contributed by atoms with Gasteiger partial charge in [-0.25, -0.2) is 4.79 Å². The van der Waals surface area contributed by atoms with E-state index in [0.29, 0.717) is 22.8 Å². The van der Waals surface area contributed by atoms with Crippen LogP contribution in [0.15, 0.2) is 40.8 Å². The molecule has 0 saturated carbocycles. The van der Waals surface area contributed by atoms with Crippen molar-refractivity contribution in [2.24, 2.45) is 0 Å². The lowest BCUT2D eigenvalue weighted by atomic mass is 10.2. The number of carbonyl (C=O) groups excluding carboxylic acids is 2. The number of ether oxygens (including phenoxy) is 1. The van der Waals surface area contributed by atoms with Crippen molar-refractivity contribution >= 4 is 17.6 Å². The summed E-state index contributed by atoms with van der Waals surface area (Å²) in [5, 5.41) is 14.5. The van der Waals surface area contributed by atoms with Gasteiger partial charge in [0, 0.05) is 5.69 Å². The molecular weight excluding hydrogens is 326 g/mol. The maximum atomic E-state index is 12.1. The van der Waals surface area contributed by atoms with Gasteiger partial charge in [-0.2, -0.15) is 4.80 Å². The first kappa shape index (κ1) is 16.4. The Bertz CT molecular complexity index is 897. The van der Waals surface area contributed by atoms with E-state index in [1.165, 1.54) is 11.9 Å². The highest BCUT2D eigenvalue weighted by Crippen LogP contribution is 2.16. The molecule has 0 saturated heterocycles. The molecule has 0 bridgehead atoms. The summed E-state index contributed by atoms with van der Waals surface area (Å²) in [4.78, 5) is 24.6. The standard InChI is InChI=1S/C16H15N5O4/c1-10-3-8-13(25-10)15-18-20-21(19-15)9-14(22)17-12-6-4-11(5-7-12)16(23)24-2/h3-8H,9H2,1-2H3,(H,17,22). The molecule has 9 heteroatoms. The predicted molar refractivity (Wildman–Crippen MR) is 86.7 cm³/mol. The third-order valence-electron chi connectivity index (χ3n) is 3.29. The number of aromatic nitrogens is 4. The molecule has 2 heterocycles. The van der Waals surface area contributed by atoms with Crippen molar-refractivity contribution in [3.05, 3.63) is 47.7 Å². The lowest BCUT2D eigenvalue weighted by Crippen LogP contribution is -2.20. The Labute approximate surface area is 142 Å². The van der Waals surface area contributed by atoms with E-state index in [4.69, 9.17) is 4.42 Å². The molecule has 0 unspecified atom stereocenters. The summed E-state index contributed by atoms with van der Waals surface area (Å²) in [7, 11) is 1.31. The van der Waals surface area contributed by atoms with Gasteiger partial charge in [0.05, 0.1) is 12.7 Å². The van der Waals surface area contributed by atoms with Gasteiger partial charge in [0.25, 0.3) is 0 Å². The quantitative estimate of drug-likeness (QED) is 0.702. The minimum absolute atomic E-state index is 0.106. The zero-order valence-electron chi connectivity index (χ0n) is 13.6. The molecule has 128 valence electrons. The number of anilines is 1. The summed E-state index contributed by atoms with van der Waals surface area (Å²) in [5.41, 5.74) is 0.941.